The molecule has 0 radical (unpaired) electrons. The van der Waals surface area contributed by atoms with Gasteiger partial charge in [0.1, 0.15) is 11.5 Å². The molecule has 6 heteroatoms. The molecular formula is C17H25ClN2O3. The van der Waals surface area contributed by atoms with Gasteiger partial charge in [-0.2, -0.15) is 0 Å². The second kappa shape index (κ2) is 7.51. The van der Waals surface area contributed by atoms with E-state index in [4.69, 9.17) is 9.47 Å². The average molecular weight is 341 g/mol. The summed E-state index contributed by atoms with van der Waals surface area (Å²) in [6.45, 7) is 3.31. The van der Waals surface area contributed by atoms with Gasteiger partial charge in [-0.25, -0.2) is 0 Å². The number of carbonyl (C=O) groups is 1. The number of nitrogens with zero attached hydrogens (tertiary/aromatic N) is 2. The van der Waals surface area contributed by atoms with Crippen LogP contribution in [0.3, 0.4) is 0 Å². The first-order chi connectivity index (χ1) is 10.6. The molecule has 0 aliphatic carbocycles. The van der Waals surface area contributed by atoms with Crippen LogP contribution in [0, 0.1) is 0 Å². The van der Waals surface area contributed by atoms with Gasteiger partial charge in [0.2, 0.25) is 5.91 Å². The van der Waals surface area contributed by atoms with Gasteiger partial charge in [0.25, 0.3) is 0 Å². The van der Waals surface area contributed by atoms with Crippen molar-refractivity contribution in [1.29, 1.82) is 0 Å². The zero-order chi connectivity index (χ0) is 15.6. The first kappa shape index (κ1) is 18.0. The normalized spacial score (nSPS) is 20.3. The zero-order valence-electron chi connectivity index (χ0n) is 13.8. The number of carbonyl (C=O) groups excluding carboxylic acids is 1. The Hall–Kier alpha value is -1.30. The first-order valence-corrected chi connectivity index (χ1v) is 7.89. The number of benzene rings is 1. The summed E-state index contributed by atoms with van der Waals surface area (Å²) < 4.78 is 11.2. The van der Waals surface area contributed by atoms with Crippen LogP contribution in [0.4, 0.5) is 0 Å². The van der Waals surface area contributed by atoms with E-state index in [0.29, 0.717) is 19.6 Å². The highest BCUT2D eigenvalue weighted by molar-refractivity contribution is 5.85. The van der Waals surface area contributed by atoms with E-state index in [9.17, 15) is 4.79 Å². The van der Waals surface area contributed by atoms with Gasteiger partial charge in [0.15, 0.2) is 0 Å². The van der Waals surface area contributed by atoms with E-state index in [0.717, 1.165) is 37.2 Å². The molecule has 23 heavy (non-hydrogen) atoms. The quantitative estimate of drug-likeness (QED) is 0.843. The van der Waals surface area contributed by atoms with Gasteiger partial charge >= 0.3 is 0 Å². The maximum atomic E-state index is 12.7. The van der Waals surface area contributed by atoms with Crippen LogP contribution in [0.1, 0.15) is 18.4 Å². The zero-order valence-corrected chi connectivity index (χ0v) is 14.6. The lowest BCUT2D eigenvalue weighted by molar-refractivity contribution is -0.156. The lowest BCUT2D eigenvalue weighted by Crippen LogP contribution is -2.54. The molecule has 5 nitrogen and oxygen atoms in total. The Bertz CT molecular complexity index is 527. The number of piperidine rings is 1. The Labute approximate surface area is 143 Å². The third-order valence-corrected chi connectivity index (χ3v) is 4.76. The molecule has 0 bridgehead atoms. The molecule has 2 saturated heterocycles. The topological polar surface area (TPSA) is 42.0 Å². The van der Waals surface area contributed by atoms with Crippen molar-refractivity contribution < 1.29 is 14.3 Å². The fourth-order valence-electron chi connectivity index (χ4n) is 3.36. The first-order valence-electron chi connectivity index (χ1n) is 7.89. The molecule has 2 fully saturated rings. The molecule has 128 valence electrons. The van der Waals surface area contributed by atoms with Gasteiger partial charge in [-0.3, -0.25) is 4.79 Å². The largest absolute Gasteiger partial charge is 0.497 e. The SMILES string of the molecule is COc1ccc(CC(=O)N2CCOC23CCN(C)CC3)cc1.Cl. The number of halogens is 1. The number of rotatable bonds is 3. The van der Waals surface area contributed by atoms with Crippen LogP contribution in [0.2, 0.25) is 0 Å². The van der Waals surface area contributed by atoms with Crippen LogP contribution in [0.25, 0.3) is 0 Å². The van der Waals surface area contributed by atoms with Crippen LogP contribution >= 0.6 is 12.4 Å². The average Bonchev–Trinajstić information content (AvgIpc) is 2.95. The minimum absolute atomic E-state index is 0. The summed E-state index contributed by atoms with van der Waals surface area (Å²) in [4.78, 5) is 17.0. The lowest BCUT2D eigenvalue weighted by Gasteiger charge is -2.42. The van der Waals surface area contributed by atoms with Crippen LogP contribution in [0.15, 0.2) is 24.3 Å². The fraction of sp³-hybridized carbons (Fsp3) is 0.588. The standard InChI is InChI=1S/C17H24N2O3.ClH/c1-18-9-7-17(8-10-18)19(11-12-22-17)16(20)13-14-3-5-15(21-2)6-4-14;/h3-6H,7-13H2,1-2H3;1H. The minimum atomic E-state index is -0.365. The van der Waals surface area contributed by atoms with Crippen molar-refractivity contribution in [2.45, 2.75) is 25.0 Å². The van der Waals surface area contributed by atoms with Crippen LogP contribution in [-0.4, -0.2) is 61.8 Å². The Morgan fingerprint density at radius 3 is 2.48 bits per heavy atom. The van der Waals surface area contributed by atoms with Gasteiger partial charge in [0.05, 0.1) is 20.1 Å². The van der Waals surface area contributed by atoms with E-state index in [1.54, 1.807) is 7.11 Å². The molecule has 1 aromatic carbocycles. The molecule has 0 atom stereocenters. The lowest BCUT2D eigenvalue weighted by atomic mass is 9.98. The van der Waals surface area contributed by atoms with Crippen molar-refractivity contribution in [3.63, 3.8) is 0 Å². The van der Waals surface area contributed by atoms with Gasteiger partial charge in [-0.15, -0.1) is 12.4 Å². The van der Waals surface area contributed by atoms with Crippen molar-refractivity contribution in [1.82, 2.24) is 9.80 Å². The predicted molar refractivity (Wildman–Crippen MR) is 91.1 cm³/mol. The molecule has 0 saturated carbocycles. The highest BCUT2D eigenvalue weighted by Crippen LogP contribution is 2.34. The van der Waals surface area contributed by atoms with Gasteiger partial charge in [-0.1, -0.05) is 12.1 Å². The molecule has 2 aliphatic rings. The van der Waals surface area contributed by atoms with E-state index in [1.807, 2.05) is 29.2 Å². The van der Waals surface area contributed by atoms with Gasteiger partial charge in [0, 0.05) is 32.5 Å². The third kappa shape index (κ3) is 3.79. The van der Waals surface area contributed by atoms with E-state index >= 15 is 0 Å². The van der Waals surface area contributed by atoms with E-state index in [2.05, 4.69) is 11.9 Å². The number of methoxy groups -OCH3 is 1. The number of amides is 1. The van der Waals surface area contributed by atoms with Crippen LogP contribution in [0.5, 0.6) is 5.75 Å². The van der Waals surface area contributed by atoms with Crippen molar-refractivity contribution >= 4 is 18.3 Å². The maximum absolute atomic E-state index is 12.7. The van der Waals surface area contributed by atoms with E-state index < -0.39 is 0 Å². The molecule has 3 rings (SSSR count). The molecular weight excluding hydrogens is 316 g/mol. The number of hydrogen-bond acceptors (Lipinski definition) is 4. The fourth-order valence-corrected chi connectivity index (χ4v) is 3.36. The number of hydrogen-bond donors (Lipinski definition) is 0. The highest BCUT2D eigenvalue weighted by Gasteiger charge is 2.46. The molecule has 1 amide bonds. The third-order valence-electron chi connectivity index (χ3n) is 4.76. The molecule has 1 aromatic rings. The van der Waals surface area contributed by atoms with Crippen LogP contribution in [-0.2, 0) is 16.0 Å². The van der Waals surface area contributed by atoms with Crippen molar-refractivity contribution in [2.75, 3.05) is 40.4 Å². The predicted octanol–water partition coefficient (Wildman–Crippen LogP) is 1.94. The molecule has 0 aromatic heterocycles. The molecule has 2 heterocycles. The van der Waals surface area contributed by atoms with Gasteiger partial charge in [-0.05, 0) is 24.7 Å². The second-order valence-electron chi connectivity index (χ2n) is 6.17. The smallest absolute Gasteiger partial charge is 0.229 e. The van der Waals surface area contributed by atoms with Crippen molar-refractivity contribution in [2.24, 2.45) is 0 Å². The Kier molecular flexibility index (Phi) is 5.89. The summed E-state index contributed by atoms with van der Waals surface area (Å²) in [5.74, 6) is 0.972. The van der Waals surface area contributed by atoms with Crippen molar-refractivity contribution in [3.05, 3.63) is 29.8 Å². The minimum Gasteiger partial charge on any atom is -0.497 e. The molecule has 0 unspecified atom stereocenters. The van der Waals surface area contributed by atoms with Gasteiger partial charge < -0.3 is 19.3 Å². The summed E-state index contributed by atoms with van der Waals surface area (Å²) in [6.07, 6.45) is 2.22. The summed E-state index contributed by atoms with van der Waals surface area (Å²) >= 11 is 0. The highest BCUT2D eigenvalue weighted by atomic mass is 35.5. The molecule has 0 N–H and O–H groups in total. The Morgan fingerprint density at radius 2 is 1.87 bits per heavy atom. The number of likely N-dealkylation sites (tertiary alicyclic amines) is 1. The van der Waals surface area contributed by atoms with E-state index in [1.165, 1.54) is 0 Å². The summed E-state index contributed by atoms with van der Waals surface area (Å²) in [6, 6.07) is 7.70. The Balaban J connectivity index is 0.00000192. The summed E-state index contributed by atoms with van der Waals surface area (Å²) in [5.41, 5.74) is 0.650. The Morgan fingerprint density at radius 1 is 1.22 bits per heavy atom. The maximum Gasteiger partial charge on any atom is 0.229 e. The monoisotopic (exact) mass is 340 g/mol. The van der Waals surface area contributed by atoms with Crippen molar-refractivity contribution in [3.8, 4) is 5.75 Å². The van der Waals surface area contributed by atoms with Crippen LogP contribution < -0.4 is 4.74 Å². The summed E-state index contributed by atoms with van der Waals surface area (Å²) in [5, 5.41) is 0. The summed E-state index contributed by atoms with van der Waals surface area (Å²) in [7, 11) is 3.76. The van der Waals surface area contributed by atoms with E-state index in [-0.39, 0.29) is 24.0 Å². The second-order valence-corrected chi connectivity index (χ2v) is 6.17. The molecule has 1 spiro atoms. The molecule has 2 aliphatic heterocycles. The number of ether oxygens (including phenoxy) is 2.